The molecule has 0 saturated carbocycles. The Morgan fingerprint density at radius 2 is 2.04 bits per heavy atom. The number of ether oxygens (including phenoxy) is 2. The summed E-state index contributed by atoms with van der Waals surface area (Å²) < 4.78 is 12.0. The molecule has 0 aliphatic carbocycles. The number of nitrogens with zero attached hydrogens (tertiary/aromatic N) is 2. The van der Waals surface area contributed by atoms with Crippen molar-refractivity contribution in [2.75, 3.05) is 44.3 Å². The van der Waals surface area contributed by atoms with Crippen molar-refractivity contribution < 1.29 is 19.1 Å². The van der Waals surface area contributed by atoms with Crippen LogP contribution < -0.4 is 4.74 Å². The zero-order valence-electron chi connectivity index (χ0n) is 15.7. The van der Waals surface area contributed by atoms with E-state index >= 15 is 0 Å². The number of para-hydroxylation sites is 1. The highest BCUT2D eigenvalue weighted by molar-refractivity contribution is 7.99. The van der Waals surface area contributed by atoms with Crippen molar-refractivity contribution in [1.29, 1.82) is 0 Å². The van der Waals surface area contributed by atoms with Gasteiger partial charge in [0.15, 0.2) is 0 Å². The van der Waals surface area contributed by atoms with Crippen LogP contribution in [0.25, 0.3) is 0 Å². The first-order chi connectivity index (χ1) is 13.7. The Kier molecular flexibility index (Phi) is 4.59. The van der Waals surface area contributed by atoms with E-state index in [4.69, 9.17) is 9.47 Å². The van der Waals surface area contributed by atoms with Crippen LogP contribution in [0.5, 0.6) is 5.75 Å². The number of hydrogen-bond acceptors (Lipinski definition) is 5. The van der Waals surface area contributed by atoms with Crippen molar-refractivity contribution in [1.82, 2.24) is 9.80 Å². The Morgan fingerprint density at radius 3 is 2.82 bits per heavy atom. The molecule has 0 radical (unpaired) electrons. The molecule has 1 aromatic carbocycles. The molecule has 0 N–H and O–H groups in total. The first-order valence-corrected chi connectivity index (χ1v) is 11.0. The number of benzene rings is 1. The average molecular weight is 401 g/mol. The predicted octanol–water partition coefficient (Wildman–Crippen LogP) is 1.42. The molecule has 4 heterocycles. The van der Waals surface area contributed by atoms with Gasteiger partial charge in [-0.15, -0.1) is 0 Å². The van der Waals surface area contributed by atoms with Gasteiger partial charge in [0.25, 0.3) is 0 Å². The van der Waals surface area contributed by atoms with E-state index in [2.05, 4.69) is 0 Å². The van der Waals surface area contributed by atoms with Gasteiger partial charge in [-0.1, -0.05) is 30.4 Å². The van der Waals surface area contributed by atoms with Gasteiger partial charge < -0.3 is 19.3 Å². The van der Waals surface area contributed by atoms with Crippen LogP contribution in [0.15, 0.2) is 42.5 Å². The van der Waals surface area contributed by atoms with Crippen LogP contribution in [-0.2, 0) is 14.3 Å². The third-order valence-corrected chi connectivity index (χ3v) is 7.10. The minimum atomic E-state index is -0.640. The van der Waals surface area contributed by atoms with Crippen LogP contribution in [0.3, 0.4) is 0 Å². The highest BCUT2D eigenvalue weighted by Crippen LogP contribution is 2.52. The molecule has 7 heteroatoms. The van der Waals surface area contributed by atoms with Gasteiger partial charge in [-0.05, 0) is 12.1 Å². The van der Waals surface area contributed by atoms with E-state index in [9.17, 15) is 9.59 Å². The number of likely N-dealkylation sites (tertiary alicyclic amines) is 1. The molecule has 0 aromatic heterocycles. The number of rotatable bonds is 5. The van der Waals surface area contributed by atoms with Crippen LogP contribution in [0.2, 0.25) is 0 Å². The molecule has 28 heavy (non-hydrogen) atoms. The second-order valence-electron chi connectivity index (χ2n) is 7.76. The highest BCUT2D eigenvalue weighted by atomic mass is 32.2. The normalized spacial score (nSPS) is 33.4. The smallest absolute Gasteiger partial charge is 0.230 e. The fourth-order valence-electron chi connectivity index (χ4n) is 4.83. The lowest BCUT2D eigenvalue weighted by atomic mass is 9.76. The maximum absolute atomic E-state index is 13.2. The van der Waals surface area contributed by atoms with Crippen molar-refractivity contribution in [2.24, 2.45) is 11.8 Å². The summed E-state index contributed by atoms with van der Waals surface area (Å²) in [4.78, 5) is 30.1. The van der Waals surface area contributed by atoms with Crippen molar-refractivity contribution in [3.8, 4) is 5.75 Å². The van der Waals surface area contributed by atoms with Crippen molar-refractivity contribution in [3.05, 3.63) is 42.5 Å². The maximum Gasteiger partial charge on any atom is 0.230 e. The van der Waals surface area contributed by atoms with E-state index in [1.807, 2.05) is 59.1 Å². The SMILES string of the molecule is O=C([C@@H]1[C@@H]2C=C[C@@]3(CN(CCOc4ccccc4)C(=O)[C@@H]13)O2)N1CCSCC1. The third kappa shape index (κ3) is 2.92. The van der Waals surface area contributed by atoms with Gasteiger partial charge >= 0.3 is 0 Å². The number of amides is 2. The van der Waals surface area contributed by atoms with E-state index in [0.29, 0.717) is 19.7 Å². The Bertz CT molecular complexity index is 795. The van der Waals surface area contributed by atoms with E-state index in [-0.39, 0.29) is 23.8 Å². The van der Waals surface area contributed by atoms with E-state index in [0.717, 1.165) is 30.3 Å². The van der Waals surface area contributed by atoms with E-state index in [1.54, 1.807) is 4.90 Å². The van der Waals surface area contributed by atoms with Gasteiger partial charge in [0.2, 0.25) is 11.8 Å². The highest BCUT2D eigenvalue weighted by Gasteiger charge is 2.67. The number of fused-ring (bicyclic) bond motifs is 1. The van der Waals surface area contributed by atoms with Gasteiger partial charge in [-0.3, -0.25) is 9.59 Å². The number of carbonyl (C=O) groups excluding carboxylic acids is 2. The second kappa shape index (κ2) is 7.12. The summed E-state index contributed by atoms with van der Waals surface area (Å²) in [5.41, 5.74) is -0.640. The summed E-state index contributed by atoms with van der Waals surface area (Å²) in [7, 11) is 0. The Morgan fingerprint density at radius 1 is 1.25 bits per heavy atom. The van der Waals surface area contributed by atoms with E-state index in [1.165, 1.54) is 0 Å². The molecular formula is C21H24N2O4S. The van der Waals surface area contributed by atoms with Gasteiger partial charge in [0, 0.05) is 24.6 Å². The predicted molar refractivity (Wildman–Crippen MR) is 106 cm³/mol. The van der Waals surface area contributed by atoms with Gasteiger partial charge in [0.1, 0.15) is 18.0 Å². The molecule has 5 rings (SSSR count). The van der Waals surface area contributed by atoms with Crippen LogP contribution in [0.4, 0.5) is 0 Å². The molecule has 3 fully saturated rings. The molecule has 2 amide bonds. The molecule has 0 unspecified atom stereocenters. The van der Waals surface area contributed by atoms with Gasteiger partial charge in [-0.2, -0.15) is 11.8 Å². The molecule has 6 nitrogen and oxygen atoms in total. The zero-order valence-corrected chi connectivity index (χ0v) is 16.5. The van der Waals surface area contributed by atoms with Crippen LogP contribution in [-0.4, -0.2) is 77.6 Å². The van der Waals surface area contributed by atoms with Gasteiger partial charge in [-0.25, -0.2) is 0 Å². The summed E-state index contributed by atoms with van der Waals surface area (Å²) in [6, 6.07) is 9.59. The van der Waals surface area contributed by atoms with Crippen LogP contribution in [0, 0.1) is 11.8 Å². The summed E-state index contributed by atoms with van der Waals surface area (Å²) in [5, 5.41) is 0. The third-order valence-electron chi connectivity index (χ3n) is 6.16. The fourth-order valence-corrected chi connectivity index (χ4v) is 5.74. The first-order valence-electron chi connectivity index (χ1n) is 9.88. The van der Waals surface area contributed by atoms with Gasteiger partial charge in [0.05, 0.1) is 31.0 Å². The fraction of sp³-hybridized carbons (Fsp3) is 0.524. The molecule has 1 spiro atoms. The lowest BCUT2D eigenvalue weighted by Gasteiger charge is -2.32. The number of thioether (sulfide) groups is 1. The quantitative estimate of drug-likeness (QED) is 0.700. The molecule has 3 saturated heterocycles. The molecule has 1 aromatic rings. The van der Waals surface area contributed by atoms with E-state index < -0.39 is 11.5 Å². The van der Waals surface area contributed by atoms with Crippen molar-refractivity contribution >= 4 is 23.6 Å². The lowest BCUT2D eigenvalue weighted by Crippen LogP contribution is -2.48. The minimum absolute atomic E-state index is 0.0215. The zero-order chi connectivity index (χ0) is 19.1. The lowest BCUT2D eigenvalue weighted by molar-refractivity contribution is -0.143. The summed E-state index contributed by atoms with van der Waals surface area (Å²) in [6.07, 6.45) is 3.72. The van der Waals surface area contributed by atoms with Crippen molar-refractivity contribution in [2.45, 2.75) is 11.7 Å². The average Bonchev–Trinajstić information content (AvgIpc) is 3.37. The summed E-state index contributed by atoms with van der Waals surface area (Å²) >= 11 is 1.87. The van der Waals surface area contributed by atoms with Crippen molar-refractivity contribution in [3.63, 3.8) is 0 Å². The number of hydrogen-bond donors (Lipinski definition) is 0. The molecule has 2 bridgehead atoms. The summed E-state index contributed by atoms with van der Waals surface area (Å²) in [6.45, 7) is 2.95. The number of carbonyl (C=O) groups is 2. The Labute approximate surface area is 168 Å². The molecule has 148 valence electrons. The monoisotopic (exact) mass is 400 g/mol. The largest absolute Gasteiger partial charge is 0.492 e. The minimum Gasteiger partial charge on any atom is -0.492 e. The molecule has 4 atom stereocenters. The molecule has 4 aliphatic rings. The topological polar surface area (TPSA) is 59.1 Å². The standard InChI is InChI=1S/C21H24N2O4S/c24-19(22-9-12-28-13-10-22)17-16-6-7-21(27-16)14-23(20(25)18(17)21)8-11-26-15-4-2-1-3-5-15/h1-7,16-18H,8-14H2/t16-,17+,18+,21-/m0/s1. The van der Waals surface area contributed by atoms with Crippen LogP contribution in [0.1, 0.15) is 0 Å². The first kappa shape index (κ1) is 18.1. The maximum atomic E-state index is 13.2. The summed E-state index contributed by atoms with van der Waals surface area (Å²) in [5.74, 6) is 2.03. The van der Waals surface area contributed by atoms with Crippen LogP contribution >= 0.6 is 11.8 Å². The molecular weight excluding hydrogens is 376 g/mol. The molecule has 4 aliphatic heterocycles. The second-order valence-corrected chi connectivity index (χ2v) is 8.98. The Hall–Kier alpha value is -1.99. The Balaban J connectivity index is 1.28.